The van der Waals surface area contributed by atoms with Crippen LogP contribution in [-0.2, 0) is 6.42 Å². The van der Waals surface area contributed by atoms with E-state index in [1.54, 1.807) is 0 Å². The third-order valence-electron chi connectivity index (χ3n) is 10.5. The minimum absolute atomic E-state index is 0.677. The van der Waals surface area contributed by atoms with Crippen molar-refractivity contribution < 1.29 is 4.42 Å². The Labute approximate surface area is 313 Å². The van der Waals surface area contributed by atoms with E-state index in [1.807, 2.05) is 31.2 Å². The van der Waals surface area contributed by atoms with Gasteiger partial charge in [0.1, 0.15) is 11.2 Å². The van der Waals surface area contributed by atoms with Crippen molar-refractivity contribution in [1.82, 2.24) is 4.57 Å². The molecule has 2 aromatic heterocycles. The summed E-state index contributed by atoms with van der Waals surface area (Å²) in [7, 11) is 0. The van der Waals surface area contributed by atoms with E-state index in [1.165, 1.54) is 43.6 Å². The second-order valence-electron chi connectivity index (χ2n) is 13.7. The van der Waals surface area contributed by atoms with Crippen LogP contribution in [0.25, 0.3) is 71.3 Å². The van der Waals surface area contributed by atoms with Crippen molar-refractivity contribution in [1.29, 1.82) is 0 Å². The lowest BCUT2D eigenvalue weighted by Crippen LogP contribution is -2.06. The summed E-state index contributed by atoms with van der Waals surface area (Å²) in [6.07, 6.45) is 0.677. The van der Waals surface area contributed by atoms with Gasteiger partial charge in [0.2, 0.25) is 0 Å². The molecule has 0 fully saturated rings. The first-order valence-electron chi connectivity index (χ1n) is 18.3. The maximum atomic E-state index is 6.54. The summed E-state index contributed by atoms with van der Waals surface area (Å²) in [5.41, 5.74) is 12.6. The zero-order valence-electron chi connectivity index (χ0n) is 29.8. The van der Waals surface area contributed by atoms with Gasteiger partial charge in [-0.05, 0) is 82.4 Å². The minimum Gasteiger partial charge on any atom is -0.456 e. The molecule has 3 heteroatoms. The molecular weight excluding hydrogens is 657 g/mol. The van der Waals surface area contributed by atoms with Crippen molar-refractivity contribution in [2.45, 2.75) is 13.3 Å². The Morgan fingerprint density at radius 2 is 1.30 bits per heavy atom. The van der Waals surface area contributed by atoms with Gasteiger partial charge in [-0.15, -0.1) is 5.92 Å². The molecule has 0 N–H and O–H groups in total. The number of hydrogen-bond donors (Lipinski definition) is 0. The Morgan fingerprint density at radius 1 is 0.574 bits per heavy atom. The molecule has 8 aromatic carbocycles. The standard InChI is InChI=1S/C51H34N2O/c1-2-12-38-16-7-10-19-45(38)52-46(31-34-21-23-36(24-22-34)35-13-4-3-5-14-35)39-25-28-40(29-26-39)53-47-20-11-9-18-42(47)43-32-44-50(33-48(43)53)54-49-30-27-37-15-6-8-17-41(37)51(44)49/h3-11,13-30,32-33H,31H2,1H3. The van der Waals surface area contributed by atoms with Gasteiger partial charge in [0.25, 0.3) is 0 Å². The van der Waals surface area contributed by atoms with E-state index in [0.29, 0.717) is 6.42 Å². The van der Waals surface area contributed by atoms with E-state index in [9.17, 15) is 0 Å². The molecule has 0 aliphatic rings. The molecule has 3 nitrogen and oxygen atoms in total. The Hall–Kier alpha value is -7.15. The van der Waals surface area contributed by atoms with E-state index < -0.39 is 0 Å². The lowest BCUT2D eigenvalue weighted by atomic mass is 9.98. The summed E-state index contributed by atoms with van der Waals surface area (Å²) in [6, 6.07) is 62.3. The van der Waals surface area contributed by atoms with E-state index in [-0.39, 0.29) is 0 Å². The molecule has 0 unspecified atom stereocenters. The summed E-state index contributed by atoms with van der Waals surface area (Å²) in [6.45, 7) is 1.87. The SMILES string of the molecule is CC#Cc1ccccc1N=C(Cc1ccc(-c2ccccc2)cc1)c1ccc(-n2c3ccccc3c3cc4c(cc32)oc2ccc3ccccc3c24)cc1. The van der Waals surface area contributed by atoms with Crippen LogP contribution in [0.4, 0.5) is 5.69 Å². The number of aliphatic imine (C=N–C) groups is 1. The van der Waals surface area contributed by atoms with Crippen LogP contribution in [0.5, 0.6) is 0 Å². The summed E-state index contributed by atoms with van der Waals surface area (Å²) in [4.78, 5) is 5.29. The van der Waals surface area contributed by atoms with Crippen LogP contribution in [-0.4, -0.2) is 10.3 Å². The summed E-state index contributed by atoms with van der Waals surface area (Å²) in [5, 5.41) is 7.14. The van der Waals surface area contributed by atoms with Gasteiger partial charge in [0.05, 0.1) is 28.0 Å². The molecule has 0 aliphatic carbocycles. The second-order valence-corrected chi connectivity index (χ2v) is 13.7. The van der Waals surface area contributed by atoms with Crippen LogP contribution < -0.4 is 0 Å². The first-order chi connectivity index (χ1) is 26.7. The average Bonchev–Trinajstić information content (AvgIpc) is 3.76. The average molecular weight is 691 g/mol. The molecule has 0 atom stereocenters. The van der Waals surface area contributed by atoms with Gasteiger partial charge in [0, 0.05) is 39.7 Å². The predicted molar refractivity (Wildman–Crippen MR) is 226 cm³/mol. The van der Waals surface area contributed by atoms with Gasteiger partial charge < -0.3 is 8.98 Å². The van der Waals surface area contributed by atoms with Crippen LogP contribution >= 0.6 is 0 Å². The highest BCUT2D eigenvalue weighted by Crippen LogP contribution is 2.40. The van der Waals surface area contributed by atoms with Gasteiger partial charge in [-0.2, -0.15) is 0 Å². The number of rotatable bonds is 6. The largest absolute Gasteiger partial charge is 0.456 e. The number of furan rings is 1. The monoisotopic (exact) mass is 690 g/mol. The van der Waals surface area contributed by atoms with Crippen molar-refractivity contribution in [3.05, 3.63) is 193 Å². The van der Waals surface area contributed by atoms with E-state index in [4.69, 9.17) is 9.41 Å². The highest BCUT2D eigenvalue weighted by molar-refractivity contribution is 6.23. The molecule has 0 amide bonds. The molecule has 54 heavy (non-hydrogen) atoms. The Bertz CT molecular complexity index is 3110. The van der Waals surface area contributed by atoms with Crippen LogP contribution in [0.2, 0.25) is 0 Å². The van der Waals surface area contributed by atoms with Crippen molar-refractivity contribution in [3.63, 3.8) is 0 Å². The molecule has 0 spiro atoms. The summed E-state index contributed by atoms with van der Waals surface area (Å²) >= 11 is 0. The van der Waals surface area contributed by atoms with Crippen molar-refractivity contribution in [2.75, 3.05) is 0 Å². The molecule has 0 saturated heterocycles. The fraction of sp³-hybridized carbons (Fsp3) is 0.0392. The normalized spacial score (nSPS) is 11.8. The molecule has 0 saturated carbocycles. The molecule has 254 valence electrons. The maximum Gasteiger partial charge on any atom is 0.137 e. The third-order valence-corrected chi connectivity index (χ3v) is 10.5. The number of aromatic nitrogens is 1. The Balaban J connectivity index is 1.09. The third kappa shape index (κ3) is 5.44. The van der Waals surface area contributed by atoms with E-state index in [0.717, 1.165) is 55.8 Å². The number of hydrogen-bond acceptors (Lipinski definition) is 2. The van der Waals surface area contributed by atoms with Crippen LogP contribution in [0.1, 0.15) is 23.6 Å². The molecule has 0 bridgehead atoms. The molecule has 10 aromatic rings. The number of nitrogens with zero attached hydrogens (tertiary/aromatic N) is 2. The minimum atomic E-state index is 0.677. The number of para-hydroxylation sites is 2. The molecule has 0 radical (unpaired) electrons. The van der Waals surface area contributed by atoms with Gasteiger partial charge in [-0.1, -0.05) is 133 Å². The zero-order valence-corrected chi connectivity index (χ0v) is 29.8. The smallest absolute Gasteiger partial charge is 0.137 e. The Morgan fingerprint density at radius 3 is 2.13 bits per heavy atom. The van der Waals surface area contributed by atoms with Crippen molar-refractivity contribution >= 4 is 65.9 Å². The van der Waals surface area contributed by atoms with Gasteiger partial charge in [0.15, 0.2) is 0 Å². The van der Waals surface area contributed by atoms with E-state index >= 15 is 0 Å². The quantitative estimate of drug-likeness (QED) is 0.126. The highest BCUT2D eigenvalue weighted by Gasteiger charge is 2.18. The zero-order chi connectivity index (χ0) is 36.0. The number of fused-ring (bicyclic) bond motifs is 8. The van der Waals surface area contributed by atoms with Gasteiger partial charge in [-0.25, -0.2) is 0 Å². The van der Waals surface area contributed by atoms with Crippen molar-refractivity contribution in [2.24, 2.45) is 4.99 Å². The Kier molecular flexibility index (Phi) is 7.67. The summed E-state index contributed by atoms with van der Waals surface area (Å²) in [5.74, 6) is 6.30. The van der Waals surface area contributed by atoms with Crippen LogP contribution in [0.15, 0.2) is 185 Å². The highest BCUT2D eigenvalue weighted by atomic mass is 16.3. The number of benzene rings is 8. The molecule has 0 aliphatic heterocycles. The van der Waals surface area contributed by atoms with Crippen LogP contribution in [0.3, 0.4) is 0 Å². The summed E-state index contributed by atoms with van der Waals surface area (Å²) < 4.78 is 8.89. The van der Waals surface area contributed by atoms with Crippen molar-refractivity contribution in [3.8, 4) is 28.7 Å². The fourth-order valence-corrected chi connectivity index (χ4v) is 7.89. The fourth-order valence-electron chi connectivity index (χ4n) is 7.89. The molecule has 2 heterocycles. The lowest BCUT2D eigenvalue weighted by molar-refractivity contribution is 0.669. The first kappa shape index (κ1) is 31.6. The second kappa shape index (κ2) is 13.1. The first-order valence-corrected chi connectivity index (χ1v) is 18.3. The topological polar surface area (TPSA) is 30.4 Å². The lowest BCUT2D eigenvalue weighted by Gasteiger charge is -2.12. The predicted octanol–water partition coefficient (Wildman–Crippen LogP) is 13.2. The van der Waals surface area contributed by atoms with Gasteiger partial charge in [-0.3, -0.25) is 4.99 Å². The van der Waals surface area contributed by atoms with E-state index in [2.05, 4.69) is 168 Å². The van der Waals surface area contributed by atoms with Crippen LogP contribution in [0, 0.1) is 11.8 Å². The maximum absolute atomic E-state index is 6.54. The molecular formula is C51H34N2O. The molecule has 10 rings (SSSR count). The van der Waals surface area contributed by atoms with Gasteiger partial charge >= 0.3 is 0 Å².